The zero-order chi connectivity index (χ0) is 88.7. The van der Waals surface area contributed by atoms with Gasteiger partial charge in [0.2, 0.25) is 17.1 Å². The van der Waals surface area contributed by atoms with Gasteiger partial charge in [-0.05, 0) is 183 Å². The van der Waals surface area contributed by atoms with Gasteiger partial charge in [-0.15, -0.1) is 0 Å². The molecule has 5 aliphatic carbocycles. The number of hydrazone groups is 3. The van der Waals surface area contributed by atoms with Gasteiger partial charge in [0, 0.05) is 151 Å². The summed E-state index contributed by atoms with van der Waals surface area (Å²) in [5.74, 6) is 2.29. The van der Waals surface area contributed by atoms with Crippen LogP contribution in [0.2, 0.25) is 5.15 Å². The number of aliphatic carboxylic acids is 2. The van der Waals surface area contributed by atoms with E-state index in [4.69, 9.17) is 47.3 Å². The van der Waals surface area contributed by atoms with Gasteiger partial charge in [-0.3, -0.25) is 24.0 Å². The number of nitrogens with one attached hydrogen (secondary N) is 2. The lowest BCUT2D eigenvalue weighted by Gasteiger charge is -2.40. The van der Waals surface area contributed by atoms with Gasteiger partial charge in [0.05, 0.1) is 65.5 Å². The number of hydrogen-bond acceptors (Lipinski definition) is 29. The molecule has 8 aromatic rings. The third kappa shape index (κ3) is 21.5. The SMILES string of the molecule is C1=NNC(c2ccccc2)C1.COc1nccc(Cl)n1.COc1nccc(N2CCC(C(=O)Cl)C3(CC3)C2)n1.COc1nccc(N2CCC(C(=O)N3N=CCC3c3ccccc3)C3(CC3)C2)n1.COc1nccc(N2CCC(C(=O)N3N=CCC3c3ccccc3)C3(CC3)C2)n1.COc1nccc(N2CCC(C(=O)O)C3(CC3)C2)n1.O=C(O)C1CCNCC12CC2. The van der Waals surface area contributed by atoms with E-state index in [0.717, 1.165) is 209 Å². The second-order valence-electron chi connectivity index (χ2n) is 34.8. The summed E-state index contributed by atoms with van der Waals surface area (Å²) in [6.07, 6.45) is 31.2. The van der Waals surface area contributed by atoms with Crippen LogP contribution in [-0.2, 0) is 24.0 Å². The highest BCUT2D eigenvalue weighted by Gasteiger charge is 2.60. The molecule has 5 saturated heterocycles. The number of ether oxygens (including phenoxy) is 5. The smallest absolute Gasteiger partial charge is 0.318 e. The van der Waals surface area contributed by atoms with Crippen LogP contribution in [0.1, 0.15) is 150 Å². The highest BCUT2D eigenvalue weighted by molar-refractivity contribution is 6.64. The molecule has 670 valence electrons. The van der Waals surface area contributed by atoms with Crippen LogP contribution in [0.5, 0.6) is 30.1 Å². The molecule has 8 aliphatic heterocycles. The van der Waals surface area contributed by atoms with Gasteiger partial charge in [0.25, 0.3) is 0 Å². The van der Waals surface area contributed by atoms with E-state index in [1.54, 1.807) is 62.2 Å². The maximum absolute atomic E-state index is 13.5. The van der Waals surface area contributed by atoms with Gasteiger partial charge in [-0.2, -0.15) is 40.2 Å². The van der Waals surface area contributed by atoms with Crippen LogP contribution in [0.3, 0.4) is 0 Å². The summed E-state index contributed by atoms with van der Waals surface area (Å²) in [6, 6.07) is 42.1. The Morgan fingerprint density at radius 2 is 0.724 bits per heavy atom. The monoisotopic (exact) mass is 1770 g/mol. The van der Waals surface area contributed by atoms with Gasteiger partial charge >= 0.3 is 42.0 Å². The van der Waals surface area contributed by atoms with Gasteiger partial charge in [0.15, 0.2) is 0 Å². The van der Waals surface area contributed by atoms with Gasteiger partial charge < -0.3 is 64.2 Å². The summed E-state index contributed by atoms with van der Waals surface area (Å²) >= 11 is 11.2. The Bertz CT molecular complexity index is 4940. The first-order chi connectivity index (χ1) is 61.7. The first-order valence-corrected chi connectivity index (χ1v) is 44.5. The maximum Gasteiger partial charge on any atom is 0.318 e. The van der Waals surface area contributed by atoms with Crippen molar-refractivity contribution in [1.82, 2.24) is 70.6 Å². The summed E-state index contributed by atoms with van der Waals surface area (Å²) in [5, 5.41) is 38.0. The Morgan fingerprint density at radius 1 is 0.394 bits per heavy atom. The first kappa shape index (κ1) is 90.0. The van der Waals surface area contributed by atoms with E-state index in [9.17, 15) is 29.1 Å². The molecule has 35 heteroatoms. The number of benzene rings is 3. The minimum absolute atomic E-state index is 0.00847. The summed E-state index contributed by atoms with van der Waals surface area (Å²) in [7, 11) is 7.74. The zero-order valence-electron chi connectivity index (χ0n) is 72.3. The highest BCUT2D eigenvalue weighted by Crippen LogP contribution is 2.61. The molecule has 0 bridgehead atoms. The number of carboxylic acid groups (broad SMARTS) is 2. The number of rotatable bonds is 17. The zero-order valence-corrected chi connectivity index (χ0v) is 73.8. The van der Waals surface area contributed by atoms with Crippen molar-refractivity contribution in [3.8, 4) is 30.1 Å². The van der Waals surface area contributed by atoms with E-state index in [-0.39, 0.29) is 85.8 Å². The third-order valence-electron chi connectivity index (χ3n) is 27.1. The Labute approximate surface area is 749 Å². The average molecular weight is 1770 g/mol. The van der Waals surface area contributed by atoms with E-state index in [1.165, 1.54) is 26.0 Å². The predicted molar refractivity (Wildman–Crippen MR) is 478 cm³/mol. The van der Waals surface area contributed by atoms with E-state index >= 15 is 0 Å². The number of carbonyl (C=O) groups excluding carboxylic acids is 3. The van der Waals surface area contributed by atoms with E-state index < -0.39 is 11.9 Å². The number of amides is 2. The number of carboxylic acids is 2. The molecule has 3 aromatic carbocycles. The highest BCUT2D eigenvalue weighted by atomic mass is 35.5. The van der Waals surface area contributed by atoms with Crippen LogP contribution in [0.4, 0.5) is 23.3 Å². The summed E-state index contributed by atoms with van der Waals surface area (Å²) < 4.78 is 25.1. The Hall–Kier alpha value is -11.8. The molecule has 127 heavy (non-hydrogen) atoms. The summed E-state index contributed by atoms with van der Waals surface area (Å²) in [5.41, 5.74) is 6.91. The topological polar surface area (TPSA) is 381 Å². The second kappa shape index (κ2) is 40.4. The minimum atomic E-state index is -0.655. The number of piperidine rings is 5. The average Bonchev–Trinajstić information content (AvgIpc) is 1.60. The Balaban J connectivity index is 0.000000119. The van der Waals surface area contributed by atoms with Crippen molar-refractivity contribution in [2.75, 3.05) is 121 Å². The summed E-state index contributed by atoms with van der Waals surface area (Å²) in [4.78, 5) is 111. The molecule has 5 aromatic heterocycles. The van der Waals surface area contributed by atoms with Crippen LogP contribution in [0, 0.1) is 56.7 Å². The first-order valence-electron chi connectivity index (χ1n) is 43.7. The molecule has 10 fully saturated rings. The fourth-order valence-corrected chi connectivity index (χ4v) is 19.7. The predicted octanol–water partition coefficient (Wildman–Crippen LogP) is 12.4. The number of carbonyl (C=O) groups is 5. The van der Waals surface area contributed by atoms with Crippen molar-refractivity contribution >= 4 is 94.1 Å². The van der Waals surface area contributed by atoms with Crippen LogP contribution in [0.25, 0.3) is 0 Å². The number of anilines is 4. The van der Waals surface area contributed by atoms with Crippen LogP contribution in [0.15, 0.2) is 168 Å². The third-order valence-corrected chi connectivity index (χ3v) is 27.6. The van der Waals surface area contributed by atoms with E-state index in [2.05, 4.69) is 149 Å². The normalized spacial score (nSPS) is 24.0. The molecule has 8 atom stereocenters. The van der Waals surface area contributed by atoms with Gasteiger partial charge in [-0.1, -0.05) is 103 Å². The lowest BCUT2D eigenvalue weighted by Crippen LogP contribution is -2.48. The molecule has 2 amide bonds. The number of hydrogen-bond donors (Lipinski definition) is 4. The molecule has 13 heterocycles. The van der Waals surface area contributed by atoms with E-state index in [1.807, 2.05) is 85.4 Å². The number of aromatic nitrogens is 10. The van der Waals surface area contributed by atoms with E-state index in [0.29, 0.717) is 47.7 Å². The molecule has 4 N–H and O–H groups in total. The molecule has 33 nitrogen and oxygen atoms in total. The largest absolute Gasteiger partial charge is 0.481 e. The van der Waals surface area contributed by atoms with Gasteiger partial charge in [-0.25, -0.2) is 34.9 Å². The van der Waals surface area contributed by atoms with Crippen molar-refractivity contribution in [2.24, 2.45) is 72.0 Å². The van der Waals surface area contributed by atoms with Gasteiger partial charge in [0.1, 0.15) is 28.4 Å². The molecular weight excluding hydrogens is 1660 g/mol. The maximum atomic E-state index is 13.5. The summed E-state index contributed by atoms with van der Waals surface area (Å²) in [6.45, 7) is 8.21. The Morgan fingerprint density at radius 3 is 1.05 bits per heavy atom. The lowest BCUT2D eigenvalue weighted by molar-refractivity contribution is -0.146. The molecule has 5 spiro atoms. The molecular formula is C92H111Cl2N21O12. The number of nitrogens with zero attached hydrogens (tertiary/aromatic N) is 19. The fourth-order valence-electron chi connectivity index (χ4n) is 19.3. The van der Waals surface area contributed by atoms with Crippen molar-refractivity contribution in [3.05, 3.63) is 174 Å². The van der Waals surface area contributed by atoms with Crippen molar-refractivity contribution in [1.29, 1.82) is 0 Å². The van der Waals surface area contributed by atoms with Crippen LogP contribution < -0.4 is 54.0 Å². The van der Waals surface area contributed by atoms with Crippen LogP contribution in [-0.4, -0.2) is 219 Å². The minimum Gasteiger partial charge on any atom is -0.481 e. The standard InChI is InChI=1S/2C22H25N5O2.C13H16ClN3O2.C13H17N3O3.C9H10N2.C8H13NO2.C5H5ClN2O/c2*1-29-21-23-12-8-19(25-21)26-14-9-17(22(15-26)10-11-22)20(28)27-18(7-13-24-27)16-5-3-2-4-6-16;1-19-12-15-6-2-10(16-12)17-7-3-9(11(14)18)13(8-17)4-5-13;1-19-12-14-6-2-10(15-12)16-7-3-9(11(17)18)13(8-16)4-5-13;1-2-4-8(5-3-1)9-6-7-10-11-9;10-7(11)6-1-4-9-5-8(6)2-3-8;1-9-5-7-3-2-4(6)8-5/h2*2-6,8,12-13,17-18H,7,9-11,14-15H2,1H3;2,6,9H,3-5,7-8H2,1H3;2,6,9H,3-5,7-8H2,1H3,(H,17,18);1-5,7,9,11H,6H2;6,9H,1-5H2,(H,10,11);2-3H,1H3. The van der Waals surface area contributed by atoms with Crippen molar-refractivity contribution in [2.45, 2.75) is 134 Å². The molecule has 0 radical (unpaired) electrons. The molecule has 8 unspecified atom stereocenters. The molecule has 21 rings (SSSR count). The number of methoxy groups -OCH3 is 5. The fraction of sp³-hybridized carbons (Fsp3) is 0.500. The quantitative estimate of drug-likeness (QED) is 0.0486. The molecule has 5 saturated carbocycles. The Kier molecular flexibility index (Phi) is 28.6. The molecule has 13 aliphatic rings. The van der Waals surface area contributed by atoms with Crippen molar-refractivity contribution < 1.29 is 57.9 Å². The lowest BCUT2D eigenvalue weighted by atomic mass is 9.81. The number of halogens is 2. The second-order valence-corrected chi connectivity index (χ2v) is 35.5. The van der Waals surface area contributed by atoms with Crippen molar-refractivity contribution in [3.63, 3.8) is 0 Å². The van der Waals surface area contributed by atoms with Crippen LogP contribution >= 0.6 is 23.2 Å².